The molecule has 0 aliphatic heterocycles. The Kier molecular flexibility index (Phi) is 4.17. The predicted octanol–water partition coefficient (Wildman–Crippen LogP) is 3.52. The van der Waals surface area contributed by atoms with E-state index >= 15 is 0 Å². The van der Waals surface area contributed by atoms with Gasteiger partial charge in [0.1, 0.15) is 0 Å². The first-order valence-corrected chi connectivity index (χ1v) is 6.90. The molecular formula is C14H15BrO3. The number of hydrogen-bond donors (Lipinski definition) is 1. The lowest BCUT2D eigenvalue weighted by molar-refractivity contribution is -0.143. The van der Waals surface area contributed by atoms with Gasteiger partial charge in [-0.2, -0.15) is 0 Å². The van der Waals surface area contributed by atoms with Gasteiger partial charge in [0.2, 0.25) is 0 Å². The van der Waals surface area contributed by atoms with Gasteiger partial charge in [0.25, 0.3) is 0 Å². The van der Waals surface area contributed by atoms with Gasteiger partial charge in [-0.3, -0.25) is 9.59 Å². The minimum atomic E-state index is -0.732. The lowest BCUT2D eigenvalue weighted by atomic mass is 9.78. The number of ketones is 1. The first kappa shape index (κ1) is 13.3. The number of hydrogen-bond acceptors (Lipinski definition) is 2. The summed E-state index contributed by atoms with van der Waals surface area (Å²) in [5.74, 6) is -0.864. The molecule has 0 unspecified atom stereocenters. The van der Waals surface area contributed by atoms with Crippen molar-refractivity contribution in [3.8, 4) is 0 Å². The van der Waals surface area contributed by atoms with Crippen LogP contribution < -0.4 is 0 Å². The number of benzene rings is 1. The number of Topliss-reactive ketones (excluding diaryl/α,β-unsaturated/α-hetero) is 1. The van der Waals surface area contributed by atoms with E-state index in [9.17, 15) is 9.59 Å². The second kappa shape index (κ2) is 5.65. The molecule has 0 radical (unpaired) electrons. The quantitative estimate of drug-likeness (QED) is 0.869. The molecule has 2 rings (SSSR count). The van der Waals surface area contributed by atoms with Crippen molar-refractivity contribution in [2.75, 3.05) is 0 Å². The maximum Gasteiger partial charge on any atom is 0.306 e. The molecule has 1 aromatic carbocycles. The largest absolute Gasteiger partial charge is 0.481 e. The summed E-state index contributed by atoms with van der Waals surface area (Å²) in [5, 5.41) is 8.92. The van der Waals surface area contributed by atoms with Gasteiger partial charge < -0.3 is 5.11 Å². The Morgan fingerprint density at radius 1 is 1.00 bits per heavy atom. The van der Waals surface area contributed by atoms with Crippen LogP contribution in [0.4, 0.5) is 0 Å². The van der Waals surface area contributed by atoms with Crippen LogP contribution in [0.2, 0.25) is 0 Å². The first-order chi connectivity index (χ1) is 8.58. The molecule has 4 heteroatoms. The Morgan fingerprint density at radius 2 is 1.50 bits per heavy atom. The Labute approximate surface area is 114 Å². The van der Waals surface area contributed by atoms with E-state index < -0.39 is 5.97 Å². The fraction of sp³-hybridized carbons (Fsp3) is 0.429. The summed E-state index contributed by atoms with van der Waals surface area (Å²) >= 11 is 3.34. The van der Waals surface area contributed by atoms with Gasteiger partial charge >= 0.3 is 5.97 Å². The molecule has 1 aromatic rings. The zero-order valence-electron chi connectivity index (χ0n) is 9.93. The Bertz CT molecular complexity index is 445. The number of carbonyl (C=O) groups excluding carboxylic acids is 1. The van der Waals surface area contributed by atoms with Crippen LogP contribution in [-0.2, 0) is 4.79 Å². The van der Waals surface area contributed by atoms with E-state index in [2.05, 4.69) is 15.9 Å². The zero-order valence-corrected chi connectivity index (χ0v) is 11.5. The summed E-state index contributed by atoms with van der Waals surface area (Å²) in [6, 6.07) is 7.34. The number of carbonyl (C=O) groups is 2. The van der Waals surface area contributed by atoms with Crippen molar-refractivity contribution in [1.82, 2.24) is 0 Å². The molecule has 0 aromatic heterocycles. The van der Waals surface area contributed by atoms with Crippen molar-refractivity contribution >= 4 is 27.7 Å². The topological polar surface area (TPSA) is 54.4 Å². The monoisotopic (exact) mass is 310 g/mol. The molecule has 0 spiro atoms. The second-order valence-electron chi connectivity index (χ2n) is 4.76. The second-order valence-corrected chi connectivity index (χ2v) is 5.67. The van der Waals surface area contributed by atoms with Crippen LogP contribution >= 0.6 is 15.9 Å². The van der Waals surface area contributed by atoms with Crippen LogP contribution in [0.25, 0.3) is 0 Å². The molecule has 0 amide bonds. The van der Waals surface area contributed by atoms with Crippen molar-refractivity contribution in [3.63, 3.8) is 0 Å². The van der Waals surface area contributed by atoms with E-state index in [0.29, 0.717) is 25.7 Å². The summed E-state index contributed by atoms with van der Waals surface area (Å²) < 4.78 is 0.952. The normalized spacial score (nSPS) is 23.6. The van der Waals surface area contributed by atoms with Crippen LogP contribution in [0.5, 0.6) is 0 Å². The van der Waals surface area contributed by atoms with Gasteiger partial charge in [-0.05, 0) is 37.8 Å². The number of rotatable bonds is 3. The number of carboxylic acid groups (broad SMARTS) is 1. The lowest BCUT2D eigenvalue weighted by Crippen LogP contribution is -2.25. The molecular weight excluding hydrogens is 296 g/mol. The molecule has 0 atom stereocenters. The first-order valence-electron chi connectivity index (χ1n) is 6.10. The average Bonchev–Trinajstić information content (AvgIpc) is 2.39. The van der Waals surface area contributed by atoms with Crippen molar-refractivity contribution in [2.24, 2.45) is 11.8 Å². The fourth-order valence-electron chi connectivity index (χ4n) is 2.45. The highest BCUT2D eigenvalue weighted by atomic mass is 79.9. The average molecular weight is 311 g/mol. The van der Waals surface area contributed by atoms with Crippen molar-refractivity contribution in [1.29, 1.82) is 0 Å². The number of carboxylic acids is 1. The molecule has 1 N–H and O–H groups in total. The van der Waals surface area contributed by atoms with Crippen LogP contribution in [-0.4, -0.2) is 16.9 Å². The maximum absolute atomic E-state index is 12.2. The smallest absolute Gasteiger partial charge is 0.306 e. The third-order valence-corrected chi connectivity index (χ3v) is 4.10. The number of aliphatic carboxylic acids is 1. The molecule has 1 aliphatic rings. The highest BCUT2D eigenvalue weighted by Crippen LogP contribution is 2.31. The third-order valence-electron chi connectivity index (χ3n) is 3.58. The van der Waals surface area contributed by atoms with E-state index in [-0.39, 0.29) is 17.6 Å². The molecule has 1 fully saturated rings. The van der Waals surface area contributed by atoms with E-state index in [4.69, 9.17) is 5.11 Å². The summed E-state index contributed by atoms with van der Waals surface area (Å²) in [4.78, 5) is 23.1. The fourth-order valence-corrected chi connectivity index (χ4v) is 2.72. The van der Waals surface area contributed by atoms with E-state index in [1.54, 1.807) is 0 Å². The molecule has 0 heterocycles. The summed E-state index contributed by atoms with van der Waals surface area (Å²) in [5.41, 5.74) is 0.719. The van der Waals surface area contributed by atoms with Crippen LogP contribution in [0, 0.1) is 11.8 Å². The molecule has 96 valence electrons. The van der Waals surface area contributed by atoms with Crippen molar-refractivity contribution in [3.05, 3.63) is 34.3 Å². The molecule has 0 saturated heterocycles. The third kappa shape index (κ3) is 2.99. The lowest BCUT2D eigenvalue weighted by Gasteiger charge is -2.25. The summed E-state index contributed by atoms with van der Waals surface area (Å²) in [6.07, 6.45) is 2.60. The molecule has 1 aliphatic carbocycles. The minimum absolute atomic E-state index is 0.0122. The van der Waals surface area contributed by atoms with Crippen LogP contribution in [0.3, 0.4) is 0 Å². The molecule has 18 heavy (non-hydrogen) atoms. The van der Waals surface area contributed by atoms with Crippen LogP contribution in [0.1, 0.15) is 36.0 Å². The molecule has 1 saturated carbocycles. The van der Waals surface area contributed by atoms with Crippen molar-refractivity contribution in [2.45, 2.75) is 25.7 Å². The predicted molar refractivity (Wildman–Crippen MR) is 71.6 cm³/mol. The van der Waals surface area contributed by atoms with E-state index in [1.807, 2.05) is 24.3 Å². The highest BCUT2D eigenvalue weighted by Gasteiger charge is 2.29. The van der Waals surface area contributed by atoms with Crippen molar-refractivity contribution < 1.29 is 14.7 Å². The Morgan fingerprint density at radius 3 is 2.00 bits per heavy atom. The Balaban J connectivity index is 1.99. The summed E-state index contributed by atoms with van der Waals surface area (Å²) in [7, 11) is 0. The Hall–Kier alpha value is -1.16. The maximum atomic E-state index is 12.2. The van der Waals surface area contributed by atoms with Gasteiger partial charge in [-0.1, -0.05) is 28.1 Å². The van der Waals surface area contributed by atoms with Gasteiger partial charge in [0.05, 0.1) is 5.92 Å². The van der Waals surface area contributed by atoms with Gasteiger partial charge in [-0.25, -0.2) is 0 Å². The van der Waals surface area contributed by atoms with Gasteiger partial charge in [0.15, 0.2) is 5.78 Å². The standard InChI is InChI=1S/C14H15BrO3/c15-12-7-5-10(6-8-12)13(16)9-1-3-11(4-2-9)14(17)18/h5-9,11H,1-4H2,(H,17,18). The highest BCUT2D eigenvalue weighted by molar-refractivity contribution is 9.10. The number of halogens is 1. The van der Waals surface area contributed by atoms with E-state index in [1.165, 1.54) is 0 Å². The van der Waals surface area contributed by atoms with Gasteiger partial charge in [-0.15, -0.1) is 0 Å². The molecule has 3 nitrogen and oxygen atoms in total. The molecule has 0 bridgehead atoms. The summed E-state index contributed by atoms with van der Waals surface area (Å²) in [6.45, 7) is 0. The van der Waals surface area contributed by atoms with E-state index in [0.717, 1.165) is 10.0 Å². The van der Waals surface area contributed by atoms with Gasteiger partial charge in [0, 0.05) is 16.0 Å². The zero-order chi connectivity index (χ0) is 13.1. The van der Waals surface area contributed by atoms with Crippen LogP contribution in [0.15, 0.2) is 28.7 Å². The SMILES string of the molecule is O=C(O)C1CCC(C(=O)c2ccc(Br)cc2)CC1. The minimum Gasteiger partial charge on any atom is -0.481 e.